The van der Waals surface area contributed by atoms with Gasteiger partial charge in [0.2, 0.25) is 11.8 Å². The minimum Gasteiger partial charge on any atom is -0.355 e. The van der Waals surface area contributed by atoms with E-state index in [2.05, 4.69) is 5.32 Å². The molecule has 0 aromatic heterocycles. The molecule has 0 heterocycles. The second-order valence-electron chi connectivity index (χ2n) is 8.91. The van der Waals surface area contributed by atoms with E-state index in [0.717, 1.165) is 17.0 Å². The quantitative estimate of drug-likeness (QED) is 0.276. The smallest absolute Gasteiger partial charge is 0.355 e. The molecule has 0 aliphatic rings. The van der Waals surface area contributed by atoms with Crippen molar-refractivity contribution in [3.8, 4) is 0 Å². The highest BCUT2D eigenvalue weighted by atomic mass is 35.5. The molecular weight excluding hydrogens is 602 g/mol. The summed E-state index contributed by atoms with van der Waals surface area (Å²) in [5.41, 5.74) is -1.15. The Morgan fingerprint density at radius 2 is 1.54 bits per heavy atom. The van der Waals surface area contributed by atoms with Crippen LogP contribution in [0, 0.1) is 0 Å². The minimum atomic E-state index is -4.76. The maximum Gasteiger partial charge on any atom is 0.416 e. The van der Waals surface area contributed by atoms with Crippen LogP contribution in [0.4, 0.5) is 18.9 Å². The van der Waals surface area contributed by atoms with E-state index >= 15 is 0 Å². The van der Waals surface area contributed by atoms with Crippen LogP contribution < -0.4 is 9.62 Å². The molecule has 3 aromatic carbocycles. The van der Waals surface area contributed by atoms with Gasteiger partial charge in [-0.25, -0.2) is 8.42 Å². The predicted octanol–water partition coefficient (Wildman–Crippen LogP) is 6.15. The third-order valence-corrected chi connectivity index (χ3v) is 8.69. The Morgan fingerprint density at radius 1 is 0.927 bits per heavy atom. The number of halogens is 5. The number of alkyl halides is 3. The number of sulfonamides is 1. The van der Waals surface area contributed by atoms with Crippen LogP contribution >= 0.6 is 23.2 Å². The summed E-state index contributed by atoms with van der Waals surface area (Å²) >= 11 is 12.7. The summed E-state index contributed by atoms with van der Waals surface area (Å²) in [6.07, 6.45) is -4.62. The Bertz CT molecular complexity index is 1470. The molecule has 0 saturated carbocycles. The van der Waals surface area contributed by atoms with Gasteiger partial charge >= 0.3 is 6.18 Å². The van der Waals surface area contributed by atoms with Gasteiger partial charge in [-0.15, -0.1) is 0 Å². The van der Waals surface area contributed by atoms with Crippen LogP contribution in [0.1, 0.15) is 31.4 Å². The molecule has 220 valence electrons. The number of likely N-dealkylation sites (N-methyl/N-ethyl adjacent to an activating group) is 1. The first-order valence-corrected chi connectivity index (χ1v) is 14.8. The summed E-state index contributed by atoms with van der Waals surface area (Å²) in [6.45, 7) is 2.47. The lowest BCUT2D eigenvalue weighted by Crippen LogP contribution is -2.52. The molecule has 0 aliphatic heterocycles. The Kier molecular flexibility index (Phi) is 10.7. The first-order chi connectivity index (χ1) is 19.3. The van der Waals surface area contributed by atoms with Crippen LogP contribution in [0.25, 0.3) is 0 Å². The second kappa shape index (κ2) is 13.6. The zero-order valence-electron chi connectivity index (χ0n) is 22.2. The number of rotatable bonds is 11. The molecule has 3 rings (SSSR count). The van der Waals surface area contributed by atoms with Crippen LogP contribution in [-0.2, 0) is 32.3 Å². The van der Waals surface area contributed by atoms with Crippen molar-refractivity contribution in [2.75, 3.05) is 17.4 Å². The largest absolute Gasteiger partial charge is 0.416 e. The lowest BCUT2D eigenvalue weighted by atomic mass is 10.1. The average molecular weight is 631 g/mol. The molecule has 0 spiro atoms. The van der Waals surface area contributed by atoms with E-state index in [-0.39, 0.29) is 40.1 Å². The summed E-state index contributed by atoms with van der Waals surface area (Å²) in [4.78, 5) is 27.8. The highest BCUT2D eigenvalue weighted by molar-refractivity contribution is 7.92. The van der Waals surface area contributed by atoms with Gasteiger partial charge in [-0.1, -0.05) is 60.5 Å². The zero-order valence-corrected chi connectivity index (χ0v) is 24.5. The number of carbonyl (C=O) groups is 2. The van der Waals surface area contributed by atoms with Gasteiger partial charge in [0.05, 0.1) is 16.1 Å². The Hall–Kier alpha value is -3.28. The highest BCUT2D eigenvalue weighted by Crippen LogP contribution is 2.34. The van der Waals surface area contributed by atoms with Crippen LogP contribution in [0.15, 0.2) is 77.7 Å². The van der Waals surface area contributed by atoms with Gasteiger partial charge in [-0.3, -0.25) is 13.9 Å². The molecule has 0 fully saturated rings. The number of anilines is 1. The number of carbonyl (C=O) groups excluding carboxylic acids is 2. The van der Waals surface area contributed by atoms with E-state index in [9.17, 15) is 31.2 Å². The molecule has 1 atom stereocenters. The molecule has 3 aromatic rings. The SMILES string of the molecule is CCNC(=O)C(CC)N(Cc1c(Cl)cccc1Cl)C(=O)CN(c1cccc(C(F)(F)F)c1)S(=O)(=O)c1ccccc1. The third-order valence-electron chi connectivity index (χ3n) is 6.20. The van der Waals surface area contributed by atoms with Crippen LogP contribution in [-0.4, -0.2) is 44.3 Å². The fourth-order valence-electron chi connectivity index (χ4n) is 4.15. The Labute approximate surface area is 246 Å². The van der Waals surface area contributed by atoms with Crippen molar-refractivity contribution in [2.45, 2.75) is 43.9 Å². The molecule has 7 nitrogen and oxygen atoms in total. The van der Waals surface area contributed by atoms with Crippen molar-refractivity contribution in [1.82, 2.24) is 10.2 Å². The van der Waals surface area contributed by atoms with Gasteiger partial charge in [-0.05, 0) is 55.8 Å². The van der Waals surface area contributed by atoms with Gasteiger partial charge in [-0.2, -0.15) is 13.2 Å². The maximum absolute atomic E-state index is 14.0. The number of amides is 2. The minimum absolute atomic E-state index is 0.147. The second-order valence-corrected chi connectivity index (χ2v) is 11.6. The summed E-state index contributed by atoms with van der Waals surface area (Å²) in [5, 5.41) is 3.09. The molecule has 1 unspecified atom stereocenters. The van der Waals surface area contributed by atoms with Gasteiger partial charge < -0.3 is 10.2 Å². The number of nitrogens with zero attached hydrogens (tertiary/aromatic N) is 2. The molecule has 0 bridgehead atoms. The normalized spacial score (nSPS) is 12.5. The average Bonchev–Trinajstić information content (AvgIpc) is 2.93. The fourth-order valence-corrected chi connectivity index (χ4v) is 6.10. The van der Waals surface area contributed by atoms with E-state index in [1.807, 2.05) is 0 Å². The summed E-state index contributed by atoms with van der Waals surface area (Å²) in [5.74, 6) is -1.35. The first kappa shape index (κ1) is 32.2. The molecule has 1 N–H and O–H groups in total. The van der Waals surface area contributed by atoms with Crippen LogP contribution in [0.5, 0.6) is 0 Å². The van der Waals surface area contributed by atoms with Crippen molar-refractivity contribution in [3.05, 3.63) is 94.0 Å². The van der Waals surface area contributed by atoms with E-state index < -0.39 is 46.2 Å². The maximum atomic E-state index is 14.0. The van der Waals surface area contributed by atoms with Crippen molar-refractivity contribution in [3.63, 3.8) is 0 Å². The number of hydrogen-bond acceptors (Lipinski definition) is 4. The lowest BCUT2D eigenvalue weighted by molar-refractivity contribution is -0.140. The van der Waals surface area contributed by atoms with Gasteiger partial charge in [0.15, 0.2) is 0 Å². The van der Waals surface area contributed by atoms with Crippen molar-refractivity contribution < 1.29 is 31.2 Å². The highest BCUT2D eigenvalue weighted by Gasteiger charge is 2.36. The van der Waals surface area contributed by atoms with E-state index in [1.165, 1.54) is 30.3 Å². The standard InChI is InChI=1S/C28H28Cl2F3N3O4S/c1-3-25(27(38)34-4-2)35(17-22-23(29)14-9-15-24(22)30)26(37)18-36(41(39,40)21-12-6-5-7-13-21)20-11-8-10-19(16-20)28(31,32)33/h5-16,25H,3-4,17-18H2,1-2H3,(H,34,38). The van der Waals surface area contributed by atoms with Crippen molar-refractivity contribution in [1.29, 1.82) is 0 Å². The molecule has 0 aliphatic carbocycles. The monoisotopic (exact) mass is 629 g/mol. The van der Waals surface area contributed by atoms with Crippen LogP contribution in [0.3, 0.4) is 0 Å². The summed E-state index contributed by atoms with van der Waals surface area (Å²) in [6, 6.07) is 14.3. The zero-order chi connectivity index (χ0) is 30.4. The molecule has 0 saturated heterocycles. The lowest BCUT2D eigenvalue weighted by Gasteiger charge is -2.33. The Balaban J connectivity index is 2.14. The molecule has 2 amide bonds. The van der Waals surface area contributed by atoms with E-state index in [0.29, 0.717) is 15.9 Å². The van der Waals surface area contributed by atoms with Crippen molar-refractivity contribution >= 4 is 50.7 Å². The summed E-state index contributed by atoms with van der Waals surface area (Å²) < 4.78 is 68.8. The predicted molar refractivity (Wildman–Crippen MR) is 152 cm³/mol. The van der Waals surface area contributed by atoms with Crippen molar-refractivity contribution in [2.24, 2.45) is 0 Å². The molecule has 41 heavy (non-hydrogen) atoms. The van der Waals surface area contributed by atoms with E-state index in [4.69, 9.17) is 23.2 Å². The number of hydrogen-bond donors (Lipinski definition) is 1. The Morgan fingerprint density at radius 3 is 2.10 bits per heavy atom. The fraction of sp³-hybridized carbons (Fsp3) is 0.286. The molecule has 0 radical (unpaired) electrons. The van der Waals surface area contributed by atoms with E-state index in [1.54, 1.807) is 38.1 Å². The third kappa shape index (κ3) is 7.72. The van der Waals surface area contributed by atoms with Gasteiger partial charge in [0.25, 0.3) is 10.0 Å². The molecular formula is C28H28Cl2F3N3O4S. The van der Waals surface area contributed by atoms with Gasteiger partial charge in [0, 0.05) is 28.7 Å². The first-order valence-electron chi connectivity index (χ1n) is 12.6. The van der Waals surface area contributed by atoms with Gasteiger partial charge in [0.1, 0.15) is 12.6 Å². The number of nitrogens with one attached hydrogen (secondary N) is 1. The topological polar surface area (TPSA) is 86.8 Å². The summed E-state index contributed by atoms with van der Waals surface area (Å²) in [7, 11) is -4.53. The van der Waals surface area contributed by atoms with Crippen LogP contribution in [0.2, 0.25) is 10.0 Å². The number of benzene rings is 3. The molecule has 13 heteroatoms.